The highest BCUT2D eigenvalue weighted by molar-refractivity contribution is 7.15. The molecule has 1 aromatic heterocycles. The van der Waals surface area contributed by atoms with Crippen LogP contribution in [0.15, 0.2) is 18.2 Å². The first-order valence-corrected chi connectivity index (χ1v) is 6.73. The molecule has 6 heteroatoms. The quantitative estimate of drug-likeness (QED) is 0.825. The molecule has 0 radical (unpaired) electrons. The molecule has 20 heavy (non-hydrogen) atoms. The third kappa shape index (κ3) is 3.41. The van der Waals surface area contributed by atoms with Crippen LogP contribution < -0.4 is 5.32 Å². The Morgan fingerprint density at radius 2 is 2.20 bits per heavy atom. The van der Waals surface area contributed by atoms with Crippen molar-refractivity contribution < 1.29 is 9.90 Å². The molecule has 0 saturated carbocycles. The zero-order valence-corrected chi connectivity index (χ0v) is 11.9. The minimum atomic E-state index is -0.256. The van der Waals surface area contributed by atoms with Gasteiger partial charge < -0.3 is 5.11 Å². The Morgan fingerprint density at radius 1 is 1.40 bits per heavy atom. The second-order valence-electron chi connectivity index (χ2n) is 4.07. The minimum absolute atomic E-state index is 0.208. The zero-order chi connectivity index (χ0) is 14.5. The van der Waals surface area contributed by atoms with Crippen LogP contribution in [0.4, 0.5) is 5.13 Å². The van der Waals surface area contributed by atoms with Crippen molar-refractivity contribution in [2.45, 2.75) is 13.8 Å². The Morgan fingerprint density at radius 3 is 2.85 bits per heavy atom. The monoisotopic (exact) mass is 287 g/mol. The Bertz CT molecular complexity index is 698. The van der Waals surface area contributed by atoms with Crippen molar-refractivity contribution in [3.8, 4) is 11.8 Å². The lowest BCUT2D eigenvalue weighted by Gasteiger charge is -2.04. The van der Waals surface area contributed by atoms with Crippen LogP contribution in [0.25, 0.3) is 0 Å². The number of amides is 1. The van der Waals surface area contributed by atoms with Gasteiger partial charge in [-0.05, 0) is 31.5 Å². The van der Waals surface area contributed by atoms with Crippen LogP contribution in [-0.2, 0) is 0 Å². The van der Waals surface area contributed by atoms with E-state index in [1.54, 1.807) is 12.1 Å². The number of benzene rings is 1. The molecule has 5 nitrogen and oxygen atoms in total. The van der Waals surface area contributed by atoms with Gasteiger partial charge in [-0.2, -0.15) is 0 Å². The molecule has 0 fully saturated rings. The second-order valence-corrected chi connectivity index (χ2v) is 5.25. The lowest BCUT2D eigenvalue weighted by Crippen LogP contribution is -2.12. The summed E-state index contributed by atoms with van der Waals surface area (Å²) < 4.78 is 0. The van der Waals surface area contributed by atoms with Gasteiger partial charge in [-0.15, -0.1) is 10.2 Å². The van der Waals surface area contributed by atoms with Crippen LogP contribution in [-0.4, -0.2) is 27.8 Å². The number of carbonyl (C=O) groups excluding carboxylic acids is 1. The SMILES string of the molecule is Cc1nnc(NC(=O)c2ccc(C)c(C#CCO)c2)s1. The molecule has 0 bridgehead atoms. The molecular weight excluding hydrogens is 274 g/mol. The van der Waals surface area contributed by atoms with Crippen molar-refractivity contribution >= 4 is 22.4 Å². The summed E-state index contributed by atoms with van der Waals surface area (Å²) >= 11 is 1.32. The summed E-state index contributed by atoms with van der Waals surface area (Å²) in [6, 6.07) is 5.24. The van der Waals surface area contributed by atoms with Crippen molar-refractivity contribution in [3.05, 3.63) is 39.9 Å². The van der Waals surface area contributed by atoms with Gasteiger partial charge in [-0.1, -0.05) is 29.2 Å². The fourth-order valence-electron chi connectivity index (χ4n) is 1.55. The molecule has 0 spiro atoms. The van der Waals surface area contributed by atoms with Crippen LogP contribution in [0.5, 0.6) is 0 Å². The van der Waals surface area contributed by atoms with Crippen molar-refractivity contribution in [2.24, 2.45) is 0 Å². The van der Waals surface area contributed by atoms with Gasteiger partial charge in [0.1, 0.15) is 11.6 Å². The van der Waals surface area contributed by atoms with E-state index in [0.29, 0.717) is 10.7 Å². The number of aryl methyl sites for hydroxylation is 2. The number of nitrogens with zero attached hydrogens (tertiary/aromatic N) is 2. The molecule has 1 amide bonds. The summed E-state index contributed by atoms with van der Waals surface area (Å²) in [7, 11) is 0. The van der Waals surface area contributed by atoms with Gasteiger partial charge >= 0.3 is 0 Å². The first-order chi connectivity index (χ1) is 9.60. The molecule has 1 heterocycles. The molecule has 2 aromatic rings. The number of aliphatic hydroxyl groups excluding tert-OH is 1. The van der Waals surface area contributed by atoms with Crippen LogP contribution >= 0.6 is 11.3 Å². The number of hydrogen-bond donors (Lipinski definition) is 2. The molecule has 0 aliphatic carbocycles. The maximum atomic E-state index is 12.1. The molecule has 0 unspecified atom stereocenters. The van der Waals surface area contributed by atoms with Gasteiger partial charge in [-0.3, -0.25) is 10.1 Å². The summed E-state index contributed by atoms with van der Waals surface area (Å²) in [5.74, 6) is 5.14. The molecule has 0 aliphatic heterocycles. The highest BCUT2D eigenvalue weighted by Gasteiger charge is 2.10. The van der Waals surface area contributed by atoms with E-state index in [1.165, 1.54) is 11.3 Å². The standard InChI is InChI=1S/C14H13N3O2S/c1-9-5-6-12(8-11(9)4-3-7-18)13(19)15-14-17-16-10(2)20-14/h5-6,8,18H,7H2,1-2H3,(H,15,17,19). The average Bonchev–Trinajstić information content (AvgIpc) is 2.83. The minimum Gasteiger partial charge on any atom is -0.384 e. The largest absolute Gasteiger partial charge is 0.384 e. The van der Waals surface area contributed by atoms with E-state index in [1.807, 2.05) is 19.9 Å². The van der Waals surface area contributed by atoms with Crippen LogP contribution in [0.2, 0.25) is 0 Å². The Labute approximate surface area is 120 Å². The lowest BCUT2D eigenvalue weighted by atomic mass is 10.0. The van der Waals surface area contributed by atoms with E-state index in [9.17, 15) is 4.79 Å². The maximum absolute atomic E-state index is 12.1. The average molecular weight is 287 g/mol. The third-order valence-electron chi connectivity index (χ3n) is 2.55. The van der Waals surface area contributed by atoms with Crippen molar-refractivity contribution in [3.63, 3.8) is 0 Å². The number of anilines is 1. The molecule has 0 aliphatic rings. The molecule has 2 rings (SSSR count). The summed E-state index contributed by atoms with van der Waals surface area (Å²) in [6.45, 7) is 3.51. The number of rotatable bonds is 2. The lowest BCUT2D eigenvalue weighted by molar-refractivity contribution is 0.102. The predicted octanol–water partition coefficient (Wildman–Crippen LogP) is 1.75. The van der Waals surface area contributed by atoms with E-state index < -0.39 is 0 Å². The topological polar surface area (TPSA) is 75.1 Å². The molecule has 102 valence electrons. The van der Waals surface area contributed by atoms with Crippen LogP contribution in [0.1, 0.15) is 26.5 Å². The molecular formula is C14H13N3O2S. The van der Waals surface area contributed by atoms with Gasteiger partial charge in [-0.25, -0.2) is 0 Å². The molecule has 0 saturated heterocycles. The molecule has 1 aromatic carbocycles. The fourth-order valence-corrected chi connectivity index (χ4v) is 2.14. The van der Waals surface area contributed by atoms with Crippen molar-refractivity contribution in [1.82, 2.24) is 10.2 Å². The van der Waals surface area contributed by atoms with Crippen LogP contribution in [0.3, 0.4) is 0 Å². The van der Waals surface area contributed by atoms with E-state index >= 15 is 0 Å². The highest BCUT2D eigenvalue weighted by atomic mass is 32.1. The van der Waals surface area contributed by atoms with Gasteiger partial charge in [0.05, 0.1) is 0 Å². The summed E-state index contributed by atoms with van der Waals surface area (Å²) in [5.41, 5.74) is 2.17. The molecule has 0 atom stereocenters. The third-order valence-corrected chi connectivity index (χ3v) is 3.30. The highest BCUT2D eigenvalue weighted by Crippen LogP contribution is 2.16. The summed E-state index contributed by atoms with van der Waals surface area (Å²) in [4.78, 5) is 12.1. The number of aliphatic hydroxyl groups is 1. The maximum Gasteiger partial charge on any atom is 0.257 e. The number of carbonyl (C=O) groups is 1. The van der Waals surface area contributed by atoms with E-state index in [0.717, 1.165) is 16.1 Å². The summed E-state index contributed by atoms with van der Waals surface area (Å²) in [6.07, 6.45) is 0. The van der Waals surface area contributed by atoms with Gasteiger partial charge in [0.2, 0.25) is 5.13 Å². The normalized spacial score (nSPS) is 9.75. The van der Waals surface area contributed by atoms with E-state index in [-0.39, 0.29) is 12.5 Å². The smallest absolute Gasteiger partial charge is 0.257 e. The van der Waals surface area contributed by atoms with Gasteiger partial charge in [0.25, 0.3) is 5.91 Å². The number of aromatic nitrogens is 2. The Kier molecular flexibility index (Phi) is 4.45. The van der Waals surface area contributed by atoms with Crippen molar-refractivity contribution in [1.29, 1.82) is 0 Å². The fraction of sp³-hybridized carbons (Fsp3) is 0.214. The first-order valence-electron chi connectivity index (χ1n) is 5.92. The van der Waals surface area contributed by atoms with Gasteiger partial charge in [0.15, 0.2) is 0 Å². The summed E-state index contributed by atoms with van der Waals surface area (Å²) in [5, 5.41) is 20.4. The van der Waals surface area contributed by atoms with Crippen LogP contribution in [0, 0.1) is 25.7 Å². The van der Waals surface area contributed by atoms with E-state index in [4.69, 9.17) is 5.11 Å². The van der Waals surface area contributed by atoms with Gasteiger partial charge in [0, 0.05) is 11.1 Å². The van der Waals surface area contributed by atoms with E-state index in [2.05, 4.69) is 27.4 Å². The molecule has 2 N–H and O–H groups in total. The number of hydrogen-bond acceptors (Lipinski definition) is 5. The Hall–Kier alpha value is -2.23. The predicted molar refractivity (Wildman–Crippen MR) is 77.7 cm³/mol. The zero-order valence-electron chi connectivity index (χ0n) is 11.1. The van der Waals surface area contributed by atoms with Crippen molar-refractivity contribution in [2.75, 3.05) is 11.9 Å². The first kappa shape index (κ1) is 14.2. The Balaban J connectivity index is 2.22. The number of nitrogens with one attached hydrogen (secondary N) is 1. The second kappa shape index (κ2) is 6.28.